The molecule has 0 amide bonds. The van der Waals surface area contributed by atoms with Crippen LogP contribution in [0.15, 0.2) is 47.4 Å². The minimum absolute atomic E-state index is 0.673. The summed E-state index contributed by atoms with van der Waals surface area (Å²) in [5.74, 6) is 2.56. The van der Waals surface area contributed by atoms with Crippen molar-refractivity contribution < 1.29 is 9.47 Å². The second-order valence-electron chi connectivity index (χ2n) is 7.08. The number of ether oxygens (including phenoxy) is 2. The lowest BCUT2D eigenvalue weighted by Crippen LogP contribution is -2.26. The van der Waals surface area contributed by atoms with Gasteiger partial charge >= 0.3 is 0 Å². The quantitative estimate of drug-likeness (QED) is 0.276. The van der Waals surface area contributed by atoms with Crippen molar-refractivity contribution in [2.45, 2.75) is 24.2 Å². The van der Waals surface area contributed by atoms with Gasteiger partial charge < -0.3 is 25.4 Å². The predicted molar refractivity (Wildman–Crippen MR) is 124 cm³/mol. The van der Waals surface area contributed by atoms with E-state index in [-0.39, 0.29) is 0 Å². The van der Waals surface area contributed by atoms with E-state index in [1.165, 1.54) is 17.1 Å². The molecule has 2 aromatic rings. The van der Waals surface area contributed by atoms with Gasteiger partial charge in [-0.05, 0) is 82.0 Å². The van der Waals surface area contributed by atoms with Gasteiger partial charge in [0, 0.05) is 16.6 Å². The Morgan fingerprint density at radius 1 is 0.966 bits per heavy atom. The molecule has 0 saturated heterocycles. The molecule has 0 aliphatic rings. The molecule has 0 fully saturated rings. The van der Waals surface area contributed by atoms with Gasteiger partial charge in [0.1, 0.15) is 0 Å². The molecule has 6 heteroatoms. The average Bonchev–Trinajstić information content (AvgIpc) is 2.75. The first-order valence-corrected chi connectivity index (χ1v) is 11.2. The van der Waals surface area contributed by atoms with Gasteiger partial charge in [0.05, 0.1) is 14.2 Å². The second kappa shape index (κ2) is 13.4. The molecule has 0 radical (unpaired) electrons. The van der Waals surface area contributed by atoms with E-state index in [0.717, 1.165) is 56.0 Å². The Morgan fingerprint density at radius 3 is 2.38 bits per heavy atom. The van der Waals surface area contributed by atoms with Gasteiger partial charge in [-0.1, -0.05) is 18.2 Å². The zero-order valence-electron chi connectivity index (χ0n) is 17.9. The van der Waals surface area contributed by atoms with E-state index in [0.29, 0.717) is 5.75 Å². The van der Waals surface area contributed by atoms with Crippen molar-refractivity contribution >= 4 is 17.4 Å². The largest absolute Gasteiger partial charge is 0.493 e. The maximum Gasteiger partial charge on any atom is 0.162 e. The third-order valence-corrected chi connectivity index (χ3v) is 5.90. The van der Waals surface area contributed by atoms with E-state index in [2.05, 4.69) is 47.6 Å². The zero-order chi connectivity index (χ0) is 20.9. The average molecular weight is 418 g/mol. The van der Waals surface area contributed by atoms with Crippen LogP contribution >= 0.6 is 11.8 Å². The lowest BCUT2D eigenvalue weighted by atomic mass is 10.1. The molecule has 0 atom stereocenters. The van der Waals surface area contributed by atoms with Crippen molar-refractivity contribution in [3.8, 4) is 11.5 Å². The predicted octanol–water partition coefficient (Wildman–Crippen LogP) is 3.92. The number of nitrogens with zero attached hydrogens (tertiary/aromatic N) is 1. The van der Waals surface area contributed by atoms with Gasteiger partial charge in [-0.15, -0.1) is 11.8 Å². The van der Waals surface area contributed by atoms with E-state index in [4.69, 9.17) is 15.2 Å². The molecule has 0 heterocycles. The van der Waals surface area contributed by atoms with E-state index in [1.807, 2.05) is 23.9 Å². The van der Waals surface area contributed by atoms with Crippen LogP contribution < -0.4 is 20.5 Å². The summed E-state index contributed by atoms with van der Waals surface area (Å²) < 4.78 is 10.6. The third-order valence-electron chi connectivity index (χ3n) is 4.81. The molecule has 0 aliphatic carbocycles. The number of nitrogens with one attached hydrogen (secondary N) is 1. The Kier molecular flexibility index (Phi) is 10.8. The first-order valence-electron chi connectivity index (χ1n) is 10.2. The topological polar surface area (TPSA) is 59.8 Å². The summed E-state index contributed by atoms with van der Waals surface area (Å²) in [6.45, 7) is 4.16. The van der Waals surface area contributed by atoms with Crippen molar-refractivity contribution in [2.24, 2.45) is 0 Å². The maximum absolute atomic E-state index is 6.12. The molecule has 160 valence electrons. The van der Waals surface area contributed by atoms with Crippen molar-refractivity contribution in [1.29, 1.82) is 0 Å². The van der Waals surface area contributed by atoms with Gasteiger partial charge in [-0.25, -0.2) is 0 Å². The first-order chi connectivity index (χ1) is 14.1. The zero-order valence-corrected chi connectivity index (χ0v) is 18.8. The molecule has 2 rings (SSSR count). The van der Waals surface area contributed by atoms with Crippen LogP contribution in [0, 0.1) is 0 Å². The number of nitrogen functional groups attached to an aromatic ring is 1. The van der Waals surface area contributed by atoms with Gasteiger partial charge in [0.25, 0.3) is 0 Å². The lowest BCUT2D eigenvalue weighted by molar-refractivity contribution is 0.328. The van der Waals surface area contributed by atoms with E-state index in [1.54, 1.807) is 14.2 Å². The number of benzene rings is 2. The molecular formula is C23H35N3O2S. The SMILES string of the molecule is COc1cc(N)c(CCNCCCN(C)CCCSc2ccccc2)cc1OC. The minimum Gasteiger partial charge on any atom is -0.493 e. The highest BCUT2D eigenvalue weighted by molar-refractivity contribution is 7.99. The fraction of sp³-hybridized carbons (Fsp3) is 0.478. The van der Waals surface area contributed by atoms with Crippen molar-refractivity contribution in [2.75, 3.05) is 58.9 Å². The Labute approximate surface area is 180 Å². The monoisotopic (exact) mass is 417 g/mol. The highest BCUT2D eigenvalue weighted by Gasteiger charge is 2.09. The number of anilines is 1. The number of rotatable bonds is 14. The molecule has 0 spiro atoms. The Bertz CT molecular complexity index is 713. The number of nitrogens with two attached hydrogens (primary N) is 1. The third kappa shape index (κ3) is 8.56. The molecule has 5 nitrogen and oxygen atoms in total. The van der Waals surface area contributed by atoms with E-state index in [9.17, 15) is 0 Å². The summed E-state index contributed by atoms with van der Waals surface area (Å²) in [5.41, 5.74) is 7.96. The minimum atomic E-state index is 0.673. The summed E-state index contributed by atoms with van der Waals surface area (Å²) in [5, 5.41) is 3.51. The summed E-state index contributed by atoms with van der Waals surface area (Å²) >= 11 is 1.94. The Hall–Kier alpha value is -1.89. The number of hydrogen-bond acceptors (Lipinski definition) is 6. The molecule has 0 unspecified atom stereocenters. The molecule has 0 aliphatic heterocycles. The molecule has 2 aromatic carbocycles. The van der Waals surface area contributed by atoms with Crippen molar-refractivity contribution in [3.63, 3.8) is 0 Å². The number of hydrogen-bond donors (Lipinski definition) is 2. The van der Waals surface area contributed by atoms with Crippen LogP contribution in [0.25, 0.3) is 0 Å². The molecule has 0 saturated carbocycles. The van der Waals surface area contributed by atoms with Crippen LogP contribution in [-0.2, 0) is 6.42 Å². The molecule has 3 N–H and O–H groups in total. The van der Waals surface area contributed by atoms with Crippen LogP contribution in [0.2, 0.25) is 0 Å². The smallest absolute Gasteiger partial charge is 0.162 e. The first kappa shape index (κ1) is 23.4. The molecular weight excluding hydrogens is 382 g/mol. The normalized spacial score (nSPS) is 11.0. The Balaban J connectivity index is 1.54. The van der Waals surface area contributed by atoms with Crippen LogP contribution in [0.1, 0.15) is 18.4 Å². The highest BCUT2D eigenvalue weighted by Crippen LogP contribution is 2.31. The summed E-state index contributed by atoms with van der Waals surface area (Å²) in [6.07, 6.45) is 3.23. The summed E-state index contributed by atoms with van der Waals surface area (Å²) in [6, 6.07) is 14.4. The van der Waals surface area contributed by atoms with Crippen LogP contribution in [0.5, 0.6) is 11.5 Å². The van der Waals surface area contributed by atoms with Crippen molar-refractivity contribution in [1.82, 2.24) is 10.2 Å². The summed E-state index contributed by atoms with van der Waals surface area (Å²) in [4.78, 5) is 3.77. The molecule has 0 bridgehead atoms. The summed E-state index contributed by atoms with van der Waals surface area (Å²) in [7, 11) is 5.47. The van der Waals surface area contributed by atoms with E-state index < -0.39 is 0 Å². The molecule has 29 heavy (non-hydrogen) atoms. The van der Waals surface area contributed by atoms with Crippen LogP contribution in [-0.4, -0.2) is 58.1 Å². The van der Waals surface area contributed by atoms with Gasteiger partial charge in [-0.2, -0.15) is 0 Å². The van der Waals surface area contributed by atoms with Gasteiger partial charge in [-0.3, -0.25) is 0 Å². The highest BCUT2D eigenvalue weighted by atomic mass is 32.2. The second-order valence-corrected chi connectivity index (χ2v) is 8.25. The van der Waals surface area contributed by atoms with Gasteiger partial charge in [0.2, 0.25) is 0 Å². The fourth-order valence-electron chi connectivity index (χ4n) is 3.13. The van der Waals surface area contributed by atoms with Gasteiger partial charge in [0.15, 0.2) is 11.5 Å². The van der Waals surface area contributed by atoms with E-state index >= 15 is 0 Å². The molecule has 0 aromatic heterocycles. The fourth-order valence-corrected chi connectivity index (χ4v) is 3.99. The number of thioether (sulfide) groups is 1. The standard InChI is InChI=1S/C23H35N3O2S/c1-26(15-8-16-29-20-9-5-4-6-10-20)14-7-12-25-13-11-19-17-22(27-2)23(28-3)18-21(19)24/h4-6,9-10,17-18,25H,7-8,11-16,24H2,1-3H3. The number of methoxy groups -OCH3 is 2. The lowest BCUT2D eigenvalue weighted by Gasteiger charge is -2.16. The van der Waals surface area contributed by atoms with Crippen LogP contribution in [0.4, 0.5) is 5.69 Å². The van der Waals surface area contributed by atoms with Crippen molar-refractivity contribution in [3.05, 3.63) is 48.0 Å². The maximum atomic E-state index is 6.12. The Morgan fingerprint density at radius 2 is 1.66 bits per heavy atom. The van der Waals surface area contributed by atoms with Crippen LogP contribution in [0.3, 0.4) is 0 Å².